The molecule has 2 heteroatoms. The molecule has 2 nitrogen and oxygen atoms in total. The minimum absolute atomic E-state index is 0.0408. The monoisotopic (exact) mass is 877 g/mol. The van der Waals surface area contributed by atoms with Gasteiger partial charge in [0.25, 0.3) is 0 Å². The second-order valence-electron chi connectivity index (χ2n) is 18.7. The van der Waals surface area contributed by atoms with Crippen molar-refractivity contribution in [2.75, 3.05) is 9.80 Å². The summed E-state index contributed by atoms with van der Waals surface area (Å²) in [6.07, 6.45) is 18.0. The summed E-state index contributed by atoms with van der Waals surface area (Å²) in [6, 6.07) is 76.3. The third-order valence-corrected chi connectivity index (χ3v) is 14.2. The van der Waals surface area contributed by atoms with E-state index in [1.807, 2.05) is 0 Å². The molecule has 0 aromatic heterocycles. The van der Waals surface area contributed by atoms with Crippen LogP contribution < -0.4 is 9.80 Å². The second-order valence-corrected chi connectivity index (χ2v) is 18.7. The molecular formula is C65H68N2. The van der Waals surface area contributed by atoms with Crippen LogP contribution in [0.4, 0.5) is 34.1 Å². The molecule has 1 aliphatic carbocycles. The molecule has 0 bridgehead atoms. The number of para-hydroxylation sites is 4. The minimum Gasteiger partial charge on any atom is -0.311 e. The Balaban J connectivity index is 1.09. The predicted octanol–water partition coefficient (Wildman–Crippen LogP) is 19.7. The molecule has 67 heavy (non-hydrogen) atoms. The fourth-order valence-electron chi connectivity index (χ4n) is 10.7. The Morgan fingerprint density at radius 3 is 0.896 bits per heavy atom. The van der Waals surface area contributed by atoms with Crippen LogP contribution in [0.15, 0.2) is 206 Å². The highest BCUT2D eigenvalue weighted by Crippen LogP contribution is 2.56. The molecule has 0 spiro atoms. The molecule has 0 fully saturated rings. The minimum atomic E-state index is -0.0408. The van der Waals surface area contributed by atoms with Crippen LogP contribution in [0.2, 0.25) is 0 Å². The van der Waals surface area contributed by atoms with E-state index in [0.29, 0.717) is 0 Å². The van der Waals surface area contributed by atoms with Crippen molar-refractivity contribution in [3.05, 3.63) is 217 Å². The van der Waals surface area contributed by atoms with Crippen LogP contribution in [-0.4, -0.2) is 0 Å². The van der Waals surface area contributed by atoms with Crippen molar-refractivity contribution in [1.29, 1.82) is 0 Å². The third-order valence-electron chi connectivity index (χ3n) is 14.2. The molecule has 0 radical (unpaired) electrons. The molecule has 338 valence electrons. The highest BCUT2D eigenvalue weighted by atomic mass is 15.1. The summed E-state index contributed by atoms with van der Waals surface area (Å²) >= 11 is 0. The van der Waals surface area contributed by atoms with E-state index in [2.05, 4.69) is 230 Å². The van der Waals surface area contributed by atoms with Gasteiger partial charge in [-0.1, -0.05) is 212 Å². The lowest BCUT2D eigenvalue weighted by Crippen LogP contribution is -2.25. The predicted molar refractivity (Wildman–Crippen MR) is 289 cm³/mol. The van der Waals surface area contributed by atoms with Gasteiger partial charge in [0.1, 0.15) is 0 Å². The normalized spacial score (nSPS) is 12.4. The maximum absolute atomic E-state index is 2.60. The molecular weight excluding hydrogens is 809 g/mol. The Morgan fingerprint density at radius 1 is 0.284 bits per heavy atom. The summed E-state index contributed by atoms with van der Waals surface area (Å²) in [5.41, 5.74) is 17.9. The fourth-order valence-corrected chi connectivity index (χ4v) is 10.7. The Kier molecular flexibility index (Phi) is 15.1. The molecule has 1 aliphatic rings. The molecule has 0 saturated carbocycles. The summed E-state index contributed by atoms with van der Waals surface area (Å²) in [5.74, 6) is 0. The fraction of sp³-hybridized carbons (Fsp3) is 0.262. The quantitative estimate of drug-likeness (QED) is 0.0626. The Labute approximate surface area is 402 Å². The number of hydrogen-bond donors (Lipinski definition) is 0. The van der Waals surface area contributed by atoms with E-state index < -0.39 is 0 Å². The van der Waals surface area contributed by atoms with Crippen LogP contribution >= 0.6 is 0 Å². The van der Waals surface area contributed by atoms with Gasteiger partial charge in [-0.25, -0.2) is 0 Å². The lowest BCUT2D eigenvalue weighted by atomic mass is 9.70. The van der Waals surface area contributed by atoms with E-state index >= 15 is 0 Å². The molecule has 8 aromatic rings. The smallest absolute Gasteiger partial charge is 0.0462 e. The average Bonchev–Trinajstić information content (AvgIpc) is 3.65. The zero-order valence-electron chi connectivity index (χ0n) is 39.9. The lowest BCUT2D eigenvalue weighted by molar-refractivity contribution is 0.398. The summed E-state index contributed by atoms with van der Waals surface area (Å²) in [7, 11) is 0. The van der Waals surface area contributed by atoms with E-state index in [9.17, 15) is 0 Å². The van der Waals surface area contributed by atoms with Gasteiger partial charge in [0.15, 0.2) is 0 Å². The lowest BCUT2D eigenvalue weighted by Gasteiger charge is -2.33. The zero-order chi connectivity index (χ0) is 45.7. The first-order valence-corrected chi connectivity index (χ1v) is 25.5. The van der Waals surface area contributed by atoms with Crippen LogP contribution in [0.25, 0.3) is 33.4 Å². The van der Waals surface area contributed by atoms with Crippen LogP contribution in [0.5, 0.6) is 0 Å². The van der Waals surface area contributed by atoms with Gasteiger partial charge in [-0.15, -0.1) is 0 Å². The van der Waals surface area contributed by atoms with Gasteiger partial charge in [-0.3, -0.25) is 0 Å². The summed E-state index contributed by atoms with van der Waals surface area (Å²) < 4.78 is 0. The first-order chi connectivity index (χ1) is 33.2. The van der Waals surface area contributed by atoms with Gasteiger partial charge < -0.3 is 9.80 Å². The Bertz CT molecular complexity index is 2470. The molecule has 8 aromatic carbocycles. The van der Waals surface area contributed by atoms with Gasteiger partial charge in [-0.2, -0.15) is 0 Å². The number of nitrogens with zero attached hydrogens (tertiary/aromatic N) is 2. The number of benzene rings is 8. The van der Waals surface area contributed by atoms with Crippen molar-refractivity contribution in [3.63, 3.8) is 0 Å². The van der Waals surface area contributed by atoms with Gasteiger partial charge in [0.2, 0.25) is 0 Å². The summed E-state index contributed by atoms with van der Waals surface area (Å²) in [4.78, 5) is 4.70. The van der Waals surface area contributed by atoms with Gasteiger partial charge >= 0.3 is 0 Å². The highest BCUT2D eigenvalue weighted by Gasteiger charge is 2.42. The van der Waals surface area contributed by atoms with E-state index in [1.165, 1.54) is 134 Å². The number of hydrogen-bond acceptors (Lipinski definition) is 2. The SMILES string of the molecule is CCCCCCCCC1(CCCCCCCC)c2cc(-c3ccc(N(c4ccccc4)c4ccccc4)cc3)ccc2-c2ccc(-c3ccc(N(c4ccccc4)c4ccccc4)cc3)cc21. The van der Waals surface area contributed by atoms with Crippen LogP contribution in [-0.2, 0) is 5.41 Å². The van der Waals surface area contributed by atoms with Crippen LogP contribution in [0, 0.1) is 0 Å². The molecule has 0 amide bonds. The molecule has 0 atom stereocenters. The maximum Gasteiger partial charge on any atom is 0.0462 e. The van der Waals surface area contributed by atoms with Crippen molar-refractivity contribution < 1.29 is 0 Å². The van der Waals surface area contributed by atoms with Gasteiger partial charge in [0, 0.05) is 39.5 Å². The van der Waals surface area contributed by atoms with Crippen molar-refractivity contribution in [2.45, 2.75) is 109 Å². The summed E-state index contributed by atoms with van der Waals surface area (Å²) in [6.45, 7) is 4.65. The van der Waals surface area contributed by atoms with E-state index in [1.54, 1.807) is 0 Å². The Morgan fingerprint density at radius 2 is 0.567 bits per heavy atom. The molecule has 0 N–H and O–H groups in total. The highest BCUT2D eigenvalue weighted by molar-refractivity contribution is 5.87. The number of rotatable bonds is 22. The molecule has 0 aliphatic heterocycles. The van der Waals surface area contributed by atoms with Gasteiger partial charge in [-0.05, 0) is 142 Å². The van der Waals surface area contributed by atoms with E-state index in [4.69, 9.17) is 0 Å². The molecule has 0 heterocycles. The van der Waals surface area contributed by atoms with Crippen molar-refractivity contribution in [1.82, 2.24) is 0 Å². The zero-order valence-corrected chi connectivity index (χ0v) is 39.9. The number of fused-ring (bicyclic) bond motifs is 3. The standard InChI is InChI=1S/C65H68N2/c1-3-5-7-9-11-25-47-65(48-26-12-10-8-6-4-2)63-49-53(51-35-41-59(42-36-51)66(55-27-17-13-18-28-55)56-29-19-14-20-30-56)39-45-61(63)62-46-40-54(50-64(62)65)52-37-43-60(44-38-52)67(57-31-21-15-22-32-57)58-33-23-16-24-34-58/h13-24,27-46,49-50H,3-12,25-26,47-48H2,1-2H3. The van der Waals surface area contributed by atoms with Crippen molar-refractivity contribution in [3.8, 4) is 33.4 Å². The topological polar surface area (TPSA) is 6.48 Å². The second kappa shape index (κ2) is 22.2. The number of unbranched alkanes of at least 4 members (excludes halogenated alkanes) is 10. The third kappa shape index (κ3) is 10.4. The van der Waals surface area contributed by atoms with E-state index in [0.717, 1.165) is 34.1 Å². The first-order valence-electron chi connectivity index (χ1n) is 25.5. The average molecular weight is 877 g/mol. The molecule has 9 rings (SSSR count). The molecule has 0 unspecified atom stereocenters. The maximum atomic E-state index is 2.60. The van der Waals surface area contributed by atoms with Crippen LogP contribution in [0.1, 0.15) is 115 Å². The van der Waals surface area contributed by atoms with Crippen molar-refractivity contribution in [2.24, 2.45) is 0 Å². The number of anilines is 6. The largest absolute Gasteiger partial charge is 0.311 e. The molecule has 0 saturated heterocycles. The summed E-state index contributed by atoms with van der Waals surface area (Å²) in [5, 5.41) is 0. The Hall–Kier alpha value is -6.64. The van der Waals surface area contributed by atoms with Crippen molar-refractivity contribution >= 4 is 34.1 Å². The van der Waals surface area contributed by atoms with Crippen LogP contribution in [0.3, 0.4) is 0 Å². The first kappa shape index (κ1) is 45.5. The van der Waals surface area contributed by atoms with Gasteiger partial charge in [0.05, 0.1) is 0 Å². The van der Waals surface area contributed by atoms with E-state index in [-0.39, 0.29) is 5.41 Å².